The van der Waals surface area contributed by atoms with Crippen LogP contribution in [-0.2, 0) is 12.8 Å². The standard InChI is InChI=1S/C31H26N2/c1-20(2)28-16-25(14-22-10-6-7-11-27(22)28)30-17-29-24(18-32-30)13-12-23-15-26(19-33-31(23)29)21-8-4-3-5-9-21/h3-11,14-20H,12-13H2,1-2H3. The first kappa shape index (κ1) is 19.9. The van der Waals surface area contributed by atoms with Gasteiger partial charge in [0.05, 0.1) is 11.4 Å². The number of fused-ring (bicyclic) bond motifs is 4. The Morgan fingerprint density at radius 1 is 0.667 bits per heavy atom. The Hall–Kier alpha value is -3.78. The molecule has 0 N–H and O–H groups in total. The number of benzene rings is 3. The molecule has 2 heteroatoms. The van der Waals surface area contributed by atoms with Gasteiger partial charge in [0.25, 0.3) is 0 Å². The van der Waals surface area contributed by atoms with Crippen LogP contribution in [0.3, 0.4) is 0 Å². The number of rotatable bonds is 3. The number of aryl methyl sites for hydroxylation is 2. The van der Waals surface area contributed by atoms with Crippen molar-refractivity contribution in [1.82, 2.24) is 9.97 Å². The molecule has 0 spiro atoms. The maximum atomic E-state index is 4.94. The van der Waals surface area contributed by atoms with E-state index in [1.807, 2.05) is 6.20 Å². The highest BCUT2D eigenvalue weighted by molar-refractivity contribution is 5.91. The van der Waals surface area contributed by atoms with Gasteiger partial charge in [0.2, 0.25) is 0 Å². The predicted molar refractivity (Wildman–Crippen MR) is 137 cm³/mol. The van der Waals surface area contributed by atoms with Crippen molar-refractivity contribution in [2.24, 2.45) is 0 Å². The van der Waals surface area contributed by atoms with Crippen LogP contribution < -0.4 is 0 Å². The third-order valence-corrected chi connectivity index (χ3v) is 6.79. The van der Waals surface area contributed by atoms with Gasteiger partial charge in [0.15, 0.2) is 0 Å². The van der Waals surface area contributed by atoms with E-state index in [-0.39, 0.29) is 0 Å². The summed E-state index contributed by atoms with van der Waals surface area (Å²) in [5.41, 5.74) is 10.9. The summed E-state index contributed by atoms with van der Waals surface area (Å²) in [4.78, 5) is 9.82. The Bertz CT molecular complexity index is 1480. The summed E-state index contributed by atoms with van der Waals surface area (Å²) in [6.45, 7) is 4.52. The molecule has 3 aromatic carbocycles. The van der Waals surface area contributed by atoms with E-state index in [0.717, 1.165) is 24.2 Å². The van der Waals surface area contributed by atoms with E-state index in [1.54, 1.807) is 0 Å². The normalized spacial score (nSPS) is 12.6. The van der Waals surface area contributed by atoms with Crippen LogP contribution in [0.25, 0.3) is 44.4 Å². The van der Waals surface area contributed by atoms with Gasteiger partial charge in [-0.2, -0.15) is 0 Å². The Morgan fingerprint density at radius 3 is 2.30 bits per heavy atom. The van der Waals surface area contributed by atoms with Crippen LogP contribution in [0.5, 0.6) is 0 Å². The molecular weight excluding hydrogens is 400 g/mol. The average Bonchev–Trinajstić information content (AvgIpc) is 2.87. The quantitative estimate of drug-likeness (QED) is 0.293. The van der Waals surface area contributed by atoms with Gasteiger partial charge in [0.1, 0.15) is 0 Å². The lowest BCUT2D eigenvalue weighted by Crippen LogP contribution is -2.07. The second-order valence-electron chi connectivity index (χ2n) is 9.27. The zero-order valence-corrected chi connectivity index (χ0v) is 19.0. The van der Waals surface area contributed by atoms with Crippen molar-refractivity contribution < 1.29 is 0 Å². The first-order valence-electron chi connectivity index (χ1n) is 11.7. The first-order chi connectivity index (χ1) is 16.2. The molecule has 33 heavy (non-hydrogen) atoms. The van der Waals surface area contributed by atoms with Crippen molar-refractivity contribution in [3.8, 4) is 33.6 Å². The molecule has 2 nitrogen and oxygen atoms in total. The summed E-state index contributed by atoms with van der Waals surface area (Å²) in [7, 11) is 0. The second kappa shape index (κ2) is 7.97. The summed E-state index contributed by atoms with van der Waals surface area (Å²) in [5, 5.41) is 2.60. The maximum absolute atomic E-state index is 4.94. The van der Waals surface area contributed by atoms with E-state index in [4.69, 9.17) is 9.97 Å². The third kappa shape index (κ3) is 3.52. The molecule has 0 aliphatic heterocycles. The SMILES string of the molecule is CC(C)c1cc(-c2cc3c(cn2)CCc2cc(-c4ccccc4)cnc2-3)cc2ccccc12. The zero-order chi connectivity index (χ0) is 22.4. The molecule has 0 atom stereocenters. The molecule has 0 saturated heterocycles. The summed E-state index contributed by atoms with van der Waals surface area (Å²) in [6, 6.07) is 28.3. The van der Waals surface area contributed by atoms with Gasteiger partial charge in [-0.15, -0.1) is 0 Å². The minimum atomic E-state index is 0.450. The Morgan fingerprint density at radius 2 is 1.45 bits per heavy atom. The lowest BCUT2D eigenvalue weighted by Gasteiger charge is -2.20. The van der Waals surface area contributed by atoms with E-state index >= 15 is 0 Å². The van der Waals surface area contributed by atoms with E-state index < -0.39 is 0 Å². The van der Waals surface area contributed by atoms with Crippen molar-refractivity contribution in [2.45, 2.75) is 32.6 Å². The van der Waals surface area contributed by atoms with Gasteiger partial charge < -0.3 is 0 Å². The Kier molecular flexibility index (Phi) is 4.80. The second-order valence-corrected chi connectivity index (χ2v) is 9.27. The molecule has 0 amide bonds. The fourth-order valence-corrected chi connectivity index (χ4v) is 5.03. The Balaban J connectivity index is 1.47. The van der Waals surface area contributed by atoms with E-state index in [1.165, 1.54) is 49.7 Å². The third-order valence-electron chi connectivity index (χ3n) is 6.79. The van der Waals surface area contributed by atoms with Crippen LogP contribution in [0.15, 0.2) is 91.3 Å². The van der Waals surface area contributed by atoms with E-state index in [2.05, 4.69) is 98.9 Å². The number of hydrogen-bond acceptors (Lipinski definition) is 2. The molecule has 6 rings (SSSR count). The summed E-state index contributed by atoms with van der Waals surface area (Å²) >= 11 is 0. The molecule has 0 unspecified atom stereocenters. The first-order valence-corrected chi connectivity index (χ1v) is 11.7. The highest BCUT2D eigenvalue weighted by Gasteiger charge is 2.20. The minimum Gasteiger partial charge on any atom is -0.256 e. The van der Waals surface area contributed by atoms with Crippen molar-refractivity contribution in [2.75, 3.05) is 0 Å². The van der Waals surface area contributed by atoms with Gasteiger partial charge in [-0.25, -0.2) is 0 Å². The number of nitrogens with zero attached hydrogens (tertiary/aromatic N) is 2. The average molecular weight is 427 g/mol. The summed E-state index contributed by atoms with van der Waals surface area (Å²) in [5.74, 6) is 0.450. The molecule has 1 aliphatic carbocycles. The van der Waals surface area contributed by atoms with Crippen LogP contribution in [0.4, 0.5) is 0 Å². The van der Waals surface area contributed by atoms with Crippen molar-refractivity contribution in [3.05, 3.63) is 108 Å². The Labute approximate surface area is 195 Å². The van der Waals surface area contributed by atoms with Crippen LogP contribution in [0, 0.1) is 0 Å². The van der Waals surface area contributed by atoms with Crippen molar-refractivity contribution in [1.29, 1.82) is 0 Å². The molecule has 0 fully saturated rings. The zero-order valence-electron chi connectivity index (χ0n) is 19.0. The van der Waals surface area contributed by atoms with Crippen LogP contribution in [0.1, 0.15) is 36.5 Å². The summed E-state index contributed by atoms with van der Waals surface area (Å²) < 4.78 is 0. The molecule has 5 aromatic rings. The van der Waals surface area contributed by atoms with Gasteiger partial charge >= 0.3 is 0 Å². The van der Waals surface area contributed by atoms with Crippen molar-refractivity contribution >= 4 is 10.8 Å². The monoisotopic (exact) mass is 426 g/mol. The molecular formula is C31H26N2. The summed E-state index contributed by atoms with van der Waals surface area (Å²) in [6.07, 6.45) is 6.08. The molecule has 0 saturated carbocycles. The highest BCUT2D eigenvalue weighted by Crippen LogP contribution is 2.37. The molecule has 2 aromatic heterocycles. The topological polar surface area (TPSA) is 25.8 Å². The molecule has 0 bridgehead atoms. The van der Waals surface area contributed by atoms with Crippen molar-refractivity contribution in [3.63, 3.8) is 0 Å². The van der Waals surface area contributed by atoms with Crippen LogP contribution in [0.2, 0.25) is 0 Å². The fraction of sp³-hybridized carbons (Fsp3) is 0.161. The lowest BCUT2D eigenvalue weighted by molar-refractivity contribution is 0.876. The van der Waals surface area contributed by atoms with E-state index in [9.17, 15) is 0 Å². The smallest absolute Gasteiger partial charge is 0.0738 e. The number of hydrogen-bond donors (Lipinski definition) is 0. The minimum absolute atomic E-state index is 0.450. The largest absolute Gasteiger partial charge is 0.256 e. The van der Waals surface area contributed by atoms with Crippen LogP contribution in [-0.4, -0.2) is 9.97 Å². The van der Waals surface area contributed by atoms with Crippen LogP contribution >= 0.6 is 0 Å². The van der Waals surface area contributed by atoms with Gasteiger partial charge in [-0.05, 0) is 76.1 Å². The maximum Gasteiger partial charge on any atom is 0.0738 e. The van der Waals surface area contributed by atoms with E-state index in [0.29, 0.717) is 5.92 Å². The predicted octanol–water partition coefficient (Wildman–Crippen LogP) is 7.85. The number of aromatic nitrogens is 2. The number of pyridine rings is 2. The van der Waals surface area contributed by atoms with Gasteiger partial charge in [-0.1, -0.05) is 68.4 Å². The van der Waals surface area contributed by atoms with Gasteiger partial charge in [0, 0.05) is 29.1 Å². The highest BCUT2D eigenvalue weighted by atomic mass is 14.7. The molecule has 1 aliphatic rings. The van der Waals surface area contributed by atoms with Gasteiger partial charge in [-0.3, -0.25) is 9.97 Å². The molecule has 160 valence electrons. The molecule has 2 heterocycles. The molecule has 0 radical (unpaired) electrons. The fourth-order valence-electron chi connectivity index (χ4n) is 5.03. The lowest BCUT2D eigenvalue weighted by atomic mass is 9.87.